The summed E-state index contributed by atoms with van der Waals surface area (Å²) in [6, 6.07) is -2.67. The van der Waals surface area contributed by atoms with Crippen LogP contribution in [-0.4, -0.2) is 28.2 Å². The van der Waals surface area contributed by atoms with E-state index in [0.29, 0.717) is 4.68 Å². The van der Waals surface area contributed by atoms with Crippen molar-refractivity contribution in [1.82, 2.24) is 15.2 Å². The highest BCUT2D eigenvalue weighted by Crippen LogP contribution is 2.34. The maximum atomic E-state index is 12.6. The Kier molecular flexibility index (Phi) is 4.81. The number of halogens is 6. The first-order valence-electron chi connectivity index (χ1n) is 5.82. The molecule has 6 nitrogen and oxygen atoms in total. The standard InChI is InChI=1S/C10H12F6N6/c1-4(9(11,12)13)19-20-8-6(3-17)7(18)22(21-8)5(2)10(14,15)16/h4-5,19H,18H2,1-2H3,(H,20,21)/t4-,5-/m0/s1. The third-order valence-corrected chi connectivity index (χ3v) is 2.80. The molecule has 4 N–H and O–H groups in total. The topological polar surface area (TPSA) is 91.7 Å². The Morgan fingerprint density at radius 2 is 1.73 bits per heavy atom. The molecule has 0 aliphatic heterocycles. The van der Waals surface area contributed by atoms with E-state index in [2.05, 4.69) is 5.10 Å². The number of hydrazine groups is 1. The maximum absolute atomic E-state index is 12.6. The van der Waals surface area contributed by atoms with Crippen molar-refractivity contribution in [3.8, 4) is 6.07 Å². The first-order valence-corrected chi connectivity index (χ1v) is 5.82. The fourth-order valence-corrected chi connectivity index (χ4v) is 1.34. The van der Waals surface area contributed by atoms with Crippen molar-refractivity contribution in [2.24, 2.45) is 0 Å². The van der Waals surface area contributed by atoms with Crippen LogP contribution in [0.3, 0.4) is 0 Å². The van der Waals surface area contributed by atoms with Gasteiger partial charge in [0, 0.05) is 0 Å². The number of alkyl halides is 6. The van der Waals surface area contributed by atoms with Crippen molar-refractivity contribution < 1.29 is 26.3 Å². The molecule has 0 aromatic carbocycles. The molecule has 0 fully saturated rings. The number of nitrogens with two attached hydrogens (primary N) is 1. The number of rotatable bonds is 4. The van der Waals surface area contributed by atoms with E-state index in [1.165, 1.54) is 6.07 Å². The Balaban J connectivity index is 3.05. The van der Waals surface area contributed by atoms with E-state index in [9.17, 15) is 26.3 Å². The van der Waals surface area contributed by atoms with Crippen LogP contribution in [0.15, 0.2) is 0 Å². The molecule has 0 amide bonds. The summed E-state index contributed by atoms with van der Waals surface area (Å²) in [6.45, 7) is 1.53. The molecule has 124 valence electrons. The summed E-state index contributed by atoms with van der Waals surface area (Å²) in [5.41, 5.74) is 8.66. The number of nitrogens with zero attached hydrogens (tertiary/aromatic N) is 3. The fraction of sp³-hybridized carbons (Fsp3) is 0.600. The molecule has 1 aromatic rings. The lowest BCUT2D eigenvalue weighted by molar-refractivity contribution is -0.164. The molecule has 0 unspecified atom stereocenters. The Hall–Kier alpha value is -2.16. The minimum Gasteiger partial charge on any atom is -0.383 e. The molecule has 0 spiro atoms. The molecule has 1 rings (SSSR count). The largest absolute Gasteiger partial charge is 0.410 e. The van der Waals surface area contributed by atoms with Crippen molar-refractivity contribution in [2.45, 2.75) is 38.3 Å². The van der Waals surface area contributed by atoms with Crippen LogP contribution in [0.25, 0.3) is 0 Å². The van der Waals surface area contributed by atoms with Crippen molar-refractivity contribution in [3.63, 3.8) is 0 Å². The molecule has 2 atom stereocenters. The predicted molar refractivity (Wildman–Crippen MR) is 64.4 cm³/mol. The average molecular weight is 330 g/mol. The smallest absolute Gasteiger partial charge is 0.383 e. The fourth-order valence-electron chi connectivity index (χ4n) is 1.34. The minimum atomic E-state index is -4.68. The quantitative estimate of drug-likeness (QED) is 0.582. The van der Waals surface area contributed by atoms with Gasteiger partial charge in [-0.15, -0.1) is 0 Å². The third kappa shape index (κ3) is 3.73. The van der Waals surface area contributed by atoms with Gasteiger partial charge in [0.1, 0.15) is 29.5 Å². The van der Waals surface area contributed by atoms with Crippen LogP contribution >= 0.6 is 0 Å². The number of hydrogen-bond donors (Lipinski definition) is 3. The van der Waals surface area contributed by atoms with E-state index in [0.717, 1.165) is 13.8 Å². The molecule has 12 heteroatoms. The second-order valence-corrected chi connectivity index (χ2v) is 4.42. The molecule has 0 saturated carbocycles. The van der Waals surface area contributed by atoms with Gasteiger partial charge in [-0.3, -0.25) is 0 Å². The van der Waals surface area contributed by atoms with Crippen molar-refractivity contribution >= 4 is 11.6 Å². The SMILES string of the molecule is C[C@H](NNc1nn([C@@H](C)C(F)(F)F)c(N)c1C#N)C(F)(F)F. The summed E-state index contributed by atoms with van der Waals surface area (Å²) in [5, 5.41) is 12.3. The second kappa shape index (κ2) is 5.91. The summed E-state index contributed by atoms with van der Waals surface area (Å²) in [6.07, 6.45) is -9.27. The van der Waals surface area contributed by atoms with Gasteiger partial charge < -0.3 is 11.2 Å². The van der Waals surface area contributed by atoms with E-state index >= 15 is 0 Å². The van der Waals surface area contributed by atoms with Gasteiger partial charge in [0.15, 0.2) is 5.82 Å². The number of nitrogen functional groups attached to an aromatic ring is 1. The van der Waals surface area contributed by atoms with Crippen molar-refractivity contribution in [1.29, 1.82) is 5.26 Å². The van der Waals surface area contributed by atoms with Gasteiger partial charge >= 0.3 is 12.4 Å². The second-order valence-electron chi connectivity index (χ2n) is 4.42. The number of nitrogens with one attached hydrogen (secondary N) is 2. The predicted octanol–water partition coefficient (Wildman–Crippen LogP) is 2.33. The van der Waals surface area contributed by atoms with E-state index < -0.39 is 41.6 Å². The van der Waals surface area contributed by atoms with E-state index in [-0.39, 0.29) is 0 Å². The van der Waals surface area contributed by atoms with Crippen LogP contribution in [0.1, 0.15) is 25.5 Å². The molecular formula is C10H12F6N6. The Morgan fingerprint density at radius 1 is 1.18 bits per heavy atom. The number of aromatic nitrogens is 2. The van der Waals surface area contributed by atoms with Gasteiger partial charge in [0.2, 0.25) is 0 Å². The zero-order chi connectivity index (χ0) is 17.3. The summed E-state index contributed by atoms with van der Waals surface area (Å²) in [4.78, 5) is 0. The molecule has 0 aliphatic rings. The van der Waals surface area contributed by atoms with Gasteiger partial charge in [-0.05, 0) is 13.8 Å². The van der Waals surface area contributed by atoms with Crippen LogP contribution in [0.4, 0.5) is 38.0 Å². The molecule has 1 aromatic heterocycles. The zero-order valence-electron chi connectivity index (χ0n) is 11.3. The summed E-state index contributed by atoms with van der Waals surface area (Å²) in [7, 11) is 0. The lowest BCUT2D eigenvalue weighted by Gasteiger charge is -2.18. The van der Waals surface area contributed by atoms with Gasteiger partial charge in [0.05, 0.1) is 0 Å². The molecule has 0 saturated heterocycles. The lowest BCUT2D eigenvalue weighted by atomic mass is 10.3. The van der Waals surface area contributed by atoms with Gasteiger partial charge in [-0.1, -0.05) is 0 Å². The van der Waals surface area contributed by atoms with E-state index in [4.69, 9.17) is 11.0 Å². The molecule has 0 radical (unpaired) electrons. The molecule has 22 heavy (non-hydrogen) atoms. The Labute approximate surface area is 120 Å². The van der Waals surface area contributed by atoms with Crippen LogP contribution < -0.4 is 16.6 Å². The van der Waals surface area contributed by atoms with E-state index in [1.807, 2.05) is 5.43 Å². The zero-order valence-corrected chi connectivity index (χ0v) is 11.3. The van der Waals surface area contributed by atoms with Crippen molar-refractivity contribution in [2.75, 3.05) is 11.2 Å². The maximum Gasteiger partial charge on any atom is 0.410 e. The first-order chi connectivity index (χ1) is 9.89. The average Bonchev–Trinajstić information content (AvgIpc) is 2.68. The van der Waals surface area contributed by atoms with Crippen LogP contribution in [0.5, 0.6) is 0 Å². The Morgan fingerprint density at radius 3 is 2.14 bits per heavy atom. The first kappa shape index (κ1) is 17.9. The summed E-state index contributed by atoms with van der Waals surface area (Å²) in [5.74, 6) is -1.12. The number of nitriles is 1. The van der Waals surface area contributed by atoms with Crippen LogP contribution in [0.2, 0.25) is 0 Å². The highest BCUT2D eigenvalue weighted by atomic mass is 19.4. The molecule has 0 bridgehead atoms. The highest BCUT2D eigenvalue weighted by Gasteiger charge is 2.40. The third-order valence-electron chi connectivity index (χ3n) is 2.80. The minimum absolute atomic E-state index is 0.320. The lowest BCUT2D eigenvalue weighted by Crippen LogP contribution is -2.43. The molecule has 0 aliphatic carbocycles. The number of hydrogen-bond acceptors (Lipinski definition) is 5. The Bertz CT molecular complexity index is 568. The normalized spacial score (nSPS) is 15.2. The summed E-state index contributed by atoms with van der Waals surface area (Å²) < 4.78 is 75.3. The highest BCUT2D eigenvalue weighted by molar-refractivity contribution is 5.63. The van der Waals surface area contributed by atoms with E-state index in [1.54, 1.807) is 5.43 Å². The molecular weight excluding hydrogens is 318 g/mol. The number of anilines is 2. The monoisotopic (exact) mass is 330 g/mol. The summed E-state index contributed by atoms with van der Waals surface area (Å²) >= 11 is 0. The van der Waals surface area contributed by atoms with Gasteiger partial charge in [0.25, 0.3) is 0 Å². The van der Waals surface area contributed by atoms with Crippen molar-refractivity contribution in [3.05, 3.63) is 5.56 Å². The van der Waals surface area contributed by atoms with Crippen LogP contribution in [0, 0.1) is 11.3 Å². The molecule has 1 heterocycles. The van der Waals surface area contributed by atoms with Crippen LogP contribution in [-0.2, 0) is 0 Å². The van der Waals surface area contributed by atoms with Gasteiger partial charge in [-0.2, -0.15) is 36.7 Å². The van der Waals surface area contributed by atoms with Gasteiger partial charge in [-0.25, -0.2) is 10.1 Å².